The zero-order valence-corrected chi connectivity index (χ0v) is 11.9. The molecule has 0 unspecified atom stereocenters. The molecule has 0 aliphatic heterocycles. The number of hydrogen-bond donors (Lipinski definition) is 2. The summed E-state index contributed by atoms with van der Waals surface area (Å²) < 4.78 is 0. The fourth-order valence-electron chi connectivity index (χ4n) is 1.74. The van der Waals surface area contributed by atoms with Crippen LogP contribution >= 0.6 is 0 Å². The van der Waals surface area contributed by atoms with E-state index in [4.69, 9.17) is 0 Å². The Morgan fingerprint density at radius 1 is 1.00 bits per heavy atom. The number of nitro benzene ring substituents is 1. The largest absolute Gasteiger partial charge is 0.270 e. The van der Waals surface area contributed by atoms with E-state index in [1.165, 1.54) is 30.4 Å². The van der Waals surface area contributed by atoms with Crippen LogP contribution in [-0.2, 0) is 4.79 Å². The summed E-state index contributed by atoms with van der Waals surface area (Å²) in [5.41, 5.74) is 5.35. The first-order valence-electron chi connectivity index (χ1n) is 6.64. The Balaban J connectivity index is 1.91. The number of carbonyl (C=O) groups is 2. The molecule has 0 bridgehead atoms. The third kappa shape index (κ3) is 4.78. The molecular formula is C16H13N3O4. The molecule has 0 fully saturated rings. The molecule has 0 aliphatic carbocycles. The number of hydrazine groups is 1. The highest BCUT2D eigenvalue weighted by atomic mass is 16.6. The van der Waals surface area contributed by atoms with Crippen LogP contribution < -0.4 is 10.9 Å². The predicted octanol–water partition coefficient (Wildman–Crippen LogP) is 2.07. The van der Waals surface area contributed by atoms with Crippen LogP contribution in [0.25, 0.3) is 6.08 Å². The van der Waals surface area contributed by atoms with Gasteiger partial charge in [0.05, 0.1) is 4.92 Å². The quantitative estimate of drug-likeness (QED) is 0.512. The summed E-state index contributed by atoms with van der Waals surface area (Å²) >= 11 is 0. The highest BCUT2D eigenvalue weighted by molar-refractivity contribution is 5.97. The van der Waals surface area contributed by atoms with Crippen molar-refractivity contribution in [1.82, 2.24) is 10.9 Å². The van der Waals surface area contributed by atoms with Gasteiger partial charge in [-0.2, -0.15) is 0 Å². The van der Waals surface area contributed by atoms with E-state index in [0.717, 1.165) is 0 Å². The van der Waals surface area contributed by atoms with Crippen LogP contribution in [0.4, 0.5) is 5.69 Å². The molecule has 116 valence electrons. The molecule has 2 rings (SSSR count). The molecule has 2 aromatic carbocycles. The Hall–Kier alpha value is -3.48. The van der Waals surface area contributed by atoms with E-state index < -0.39 is 16.7 Å². The van der Waals surface area contributed by atoms with Crippen molar-refractivity contribution in [2.75, 3.05) is 0 Å². The molecule has 0 atom stereocenters. The topological polar surface area (TPSA) is 101 Å². The minimum absolute atomic E-state index is 0.0649. The van der Waals surface area contributed by atoms with E-state index in [1.54, 1.807) is 36.4 Å². The molecule has 0 aliphatic rings. The number of nitro groups is 1. The molecule has 0 saturated heterocycles. The number of carbonyl (C=O) groups excluding carboxylic acids is 2. The van der Waals surface area contributed by atoms with Crippen LogP contribution in [0.5, 0.6) is 0 Å². The van der Waals surface area contributed by atoms with Gasteiger partial charge in [-0.15, -0.1) is 0 Å². The van der Waals surface area contributed by atoms with Crippen molar-refractivity contribution in [3.8, 4) is 0 Å². The molecule has 0 heterocycles. The average molecular weight is 311 g/mol. The van der Waals surface area contributed by atoms with Crippen molar-refractivity contribution in [2.45, 2.75) is 0 Å². The summed E-state index contributed by atoms with van der Waals surface area (Å²) in [5.74, 6) is -0.997. The number of hydrogen-bond acceptors (Lipinski definition) is 4. The third-order valence-corrected chi connectivity index (χ3v) is 2.84. The van der Waals surface area contributed by atoms with E-state index in [2.05, 4.69) is 10.9 Å². The van der Waals surface area contributed by atoms with Gasteiger partial charge in [0.1, 0.15) is 0 Å². The van der Waals surface area contributed by atoms with E-state index in [-0.39, 0.29) is 5.69 Å². The average Bonchev–Trinajstić information content (AvgIpc) is 2.58. The molecule has 0 radical (unpaired) electrons. The molecule has 0 saturated carbocycles. The van der Waals surface area contributed by atoms with E-state index in [9.17, 15) is 19.7 Å². The Morgan fingerprint density at radius 3 is 2.43 bits per heavy atom. The van der Waals surface area contributed by atoms with Gasteiger partial charge in [-0.25, -0.2) is 0 Å². The number of nitrogens with zero attached hydrogens (tertiary/aromatic N) is 1. The van der Waals surface area contributed by atoms with Gasteiger partial charge in [-0.05, 0) is 23.8 Å². The molecule has 0 aromatic heterocycles. The van der Waals surface area contributed by atoms with Crippen LogP contribution in [0.3, 0.4) is 0 Å². The van der Waals surface area contributed by atoms with Gasteiger partial charge < -0.3 is 0 Å². The van der Waals surface area contributed by atoms with Crippen molar-refractivity contribution < 1.29 is 14.5 Å². The molecule has 2 amide bonds. The molecule has 2 aromatic rings. The Labute approximate surface area is 131 Å². The number of rotatable bonds is 4. The highest BCUT2D eigenvalue weighted by Gasteiger charge is 2.06. The van der Waals surface area contributed by atoms with Crippen LogP contribution in [0.1, 0.15) is 15.9 Å². The number of non-ortho nitro benzene ring substituents is 1. The standard InChI is InChI=1S/C16H13N3O4/c20-15(17-18-16(21)13-6-2-1-3-7-13)10-9-12-5-4-8-14(11-12)19(22)23/h1-11H,(H,17,20)(H,18,21)/b10-9+. The number of nitrogens with one attached hydrogen (secondary N) is 2. The normalized spacial score (nSPS) is 10.3. The molecule has 7 nitrogen and oxygen atoms in total. The molecule has 23 heavy (non-hydrogen) atoms. The lowest BCUT2D eigenvalue weighted by Gasteiger charge is -2.04. The summed E-state index contributed by atoms with van der Waals surface area (Å²) in [6.45, 7) is 0. The first-order valence-corrected chi connectivity index (χ1v) is 6.64. The van der Waals surface area contributed by atoms with Crippen molar-refractivity contribution in [3.63, 3.8) is 0 Å². The Morgan fingerprint density at radius 2 is 1.74 bits per heavy atom. The van der Waals surface area contributed by atoms with Crippen LogP contribution in [0.15, 0.2) is 60.7 Å². The summed E-state index contributed by atoms with van der Waals surface area (Å²) in [6, 6.07) is 14.3. The van der Waals surface area contributed by atoms with Gasteiger partial charge in [0.2, 0.25) is 0 Å². The summed E-state index contributed by atoms with van der Waals surface area (Å²) in [4.78, 5) is 33.5. The maximum absolute atomic E-state index is 11.7. The third-order valence-electron chi connectivity index (χ3n) is 2.84. The lowest BCUT2D eigenvalue weighted by atomic mass is 10.2. The highest BCUT2D eigenvalue weighted by Crippen LogP contribution is 2.13. The maximum atomic E-state index is 11.7. The van der Waals surface area contributed by atoms with Gasteiger partial charge in [-0.3, -0.25) is 30.6 Å². The van der Waals surface area contributed by atoms with Gasteiger partial charge in [0.15, 0.2) is 0 Å². The maximum Gasteiger partial charge on any atom is 0.270 e. The first kappa shape index (κ1) is 15.9. The lowest BCUT2D eigenvalue weighted by molar-refractivity contribution is -0.384. The minimum Gasteiger partial charge on any atom is -0.268 e. The zero-order valence-electron chi connectivity index (χ0n) is 11.9. The molecule has 7 heteroatoms. The fraction of sp³-hybridized carbons (Fsp3) is 0. The van der Waals surface area contributed by atoms with E-state index >= 15 is 0 Å². The van der Waals surface area contributed by atoms with Gasteiger partial charge >= 0.3 is 0 Å². The van der Waals surface area contributed by atoms with Gasteiger partial charge in [0, 0.05) is 23.8 Å². The number of benzene rings is 2. The molecular weight excluding hydrogens is 298 g/mol. The smallest absolute Gasteiger partial charge is 0.268 e. The van der Waals surface area contributed by atoms with Crippen LogP contribution in [0, 0.1) is 10.1 Å². The monoisotopic (exact) mass is 311 g/mol. The van der Waals surface area contributed by atoms with Crippen molar-refractivity contribution in [3.05, 3.63) is 81.9 Å². The zero-order chi connectivity index (χ0) is 16.7. The van der Waals surface area contributed by atoms with Crippen molar-refractivity contribution >= 4 is 23.6 Å². The SMILES string of the molecule is O=C(/C=C/c1cccc([N+](=O)[O-])c1)NNC(=O)c1ccccc1. The van der Waals surface area contributed by atoms with E-state index in [0.29, 0.717) is 11.1 Å². The Kier molecular flexibility index (Phi) is 5.19. The Bertz CT molecular complexity index is 757. The first-order chi connectivity index (χ1) is 11.1. The predicted molar refractivity (Wildman–Crippen MR) is 84.2 cm³/mol. The van der Waals surface area contributed by atoms with Gasteiger partial charge in [-0.1, -0.05) is 30.3 Å². The summed E-state index contributed by atoms with van der Waals surface area (Å²) in [7, 11) is 0. The number of amides is 2. The van der Waals surface area contributed by atoms with E-state index in [1.807, 2.05) is 0 Å². The van der Waals surface area contributed by atoms with Gasteiger partial charge in [0.25, 0.3) is 17.5 Å². The fourth-order valence-corrected chi connectivity index (χ4v) is 1.74. The molecule has 0 spiro atoms. The van der Waals surface area contributed by atoms with Crippen LogP contribution in [0.2, 0.25) is 0 Å². The van der Waals surface area contributed by atoms with Crippen molar-refractivity contribution in [1.29, 1.82) is 0 Å². The second kappa shape index (κ2) is 7.51. The molecule has 2 N–H and O–H groups in total. The van der Waals surface area contributed by atoms with Crippen molar-refractivity contribution in [2.24, 2.45) is 0 Å². The lowest BCUT2D eigenvalue weighted by Crippen LogP contribution is -2.40. The second-order valence-corrected chi connectivity index (χ2v) is 4.49. The van der Waals surface area contributed by atoms with Crippen LogP contribution in [-0.4, -0.2) is 16.7 Å². The minimum atomic E-state index is -0.555. The second-order valence-electron chi connectivity index (χ2n) is 4.49. The summed E-state index contributed by atoms with van der Waals surface area (Å²) in [6.07, 6.45) is 2.58. The summed E-state index contributed by atoms with van der Waals surface area (Å²) in [5, 5.41) is 10.7.